The van der Waals surface area contributed by atoms with Crippen LogP contribution in [0, 0.1) is 0 Å². The molecule has 1 unspecified atom stereocenters. The van der Waals surface area contributed by atoms with Crippen LogP contribution >= 0.6 is 11.6 Å². The molecular weight excluding hydrogens is 236 g/mol. The van der Waals surface area contributed by atoms with Crippen LogP contribution in [0.2, 0.25) is 5.02 Å². The number of anilines is 1. The Kier molecular flexibility index (Phi) is 3.86. The van der Waals surface area contributed by atoms with Crippen LogP contribution in [0.3, 0.4) is 0 Å². The zero-order chi connectivity index (χ0) is 12.4. The summed E-state index contributed by atoms with van der Waals surface area (Å²) in [6.07, 6.45) is 0. The molecule has 1 fully saturated rings. The summed E-state index contributed by atoms with van der Waals surface area (Å²) in [4.78, 5) is 9.19. The maximum atomic E-state index is 6.03. The van der Waals surface area contributed by atoms with Crippen molar-refractivity contribution >= 4 is 17.4 Å². The van der Waals surface area contributed by atoms with Gasteiger partial charge in [0.1, 0.15) is 5.82 Å². The van der Waals surface area contributed by atoms with E-state index in [1.54, 1.807) is 0 Å². The molecule has 1 aromatic rings. The summed E-state index contributed by atoms with van der Waals surface area (Å²) in [6.45, 7) is 5.72. The summed E-state index contributed by atoms with van der Waals surface area (Å²) >= 11 is 6.03. The number of hydrogen-bond acceptors (Lipinski definition) is 4. The fourth-order valence-corrected chi connectivity index (χ4v) is 2.44. The first-order valence-corrected chi connectivity index (χ1v) is 6.30. The minimum Gasteiger partial charge on any atom is -0.351 e. The molecule has 0 bridgehead atoms. The average Bonchev–Trinajstić information content (AvgIpc) is 2.30. The van der Waals surface area contributed by atoms with E-state index >= 15 is 0 Å². The van der Waals surface area contributed by atoms with Crippen LogP contribution in [-0.2, 0) is 6.54 Å². The van der Waals surface area contributed by atoms with Crippen LogP contribution in [0.1, 0.15) is 12.6 Å². The monoisotopic (exact) mass is 254 g/mol. The van der Waals surface area contributed by atoms with Gasteiger partial charge in [0.15, 0.2) is 0 Å². The number of pyridine rings is 1. The van der Waals surface area contributed by atoms with E-state index in [0.29, 0.717) is 17.6 Å². The second kappa shape index (κ2) is 5.21. The second-order valence-corrected chi connectivity index (χ2v) is 5.01. The molecule has 1 aliphatic heterocycles. The van der Waals surface area contributed by atoms with Crippen molar-refractivity contribution in [3.8, 4) is 0 Å². The van der Waals surface area contributed by atoms with Crippen LogP contribution in [0.15, 0.2) is 12.1 Å². The molecule has 94 valence electrons. The van der Waals surface area contributed by atoms with Gasteiger partial charge in [-0.25, -0.2) is 4.98 Å². The molecule has 0 radical (unpaired) electrons. The van der Waals surface area contributed by atoms with E-state index in [1.165, 1.54) is 0 Å². The highest BCUT2D eigenvalue weighted by molar-refractivity contribution is 6.31. The number of nitrogens with zero attached hydrogens (tertiary/aromatic N) is 3. The van der Waals surface area contributed by atoms with Gasteiger partial charge in [0, 0.05) is 32.2 Å². The van der Waals surface area contributed by atoms with Crippen LogP contribution in [-0.4, -0.2) is 42.6 Å². The van der Waals surface area contributed by atoms with E-state index in [9.17, 15) is 0 Å². The molecule has 1 aromatic heterocycles. The summed E-state index contributed by atoms with van der Waals surface area (Å²) in [5, 5.41) is 0.651. The third-order valence-electron chi connectivity index (χ3n) is 3.22. The molecule has 0 saturated carbocycles. The minimum atomic E-state index is 0.384. The first-order chi connectivity index (χ1) is 8.11. The lowest BCUT2D eigenvalue weighted by molar-refractivity contribution is 0.274. The van der Waals surface area contributed by atoms with Gasteiger partial charge in [-0.05, 0) is 26.1 Å². The van der Waals surface area contributed by atoms with Crippen molar-refractivity contribution in [2.75, 3.05) is 31.6 Å². The SMILES string of the molecule is CC1CN(C)CCN1c1ccc(Cl)c(CN)n1. The van der Waals surface area contributed by atoms with Gasteiger partial charge in [-0.15, -0.1) is 0 Å². The number of rotatable bonds is 2. The van der Waals surface area contributed by atoms with Crippen molar-refractivity contribution in [1.82, 2.24) is 9.88 Å². The zero-order valence-corrected chi connectivity index (χ0v) is 11.1. The molecule has 5 heteroatoms. The number of likely N-dealkylation sites (N-methyl/N-ethyl adjacent to an activating group) is 1. The molecule has 2 rings (SSSR count). The number of aromatic nitrogens is 1. The van der Waals surface area contributed by atoms with Gasteiger partial charge in [-0.1, -0.05) is 11.6 Å². The van der Waals surface area contributed by atoms with Gasteiger partial charge in [0.2, 0.25) is 0 Å². The van der Waals surface area contributed by atoms with Gasteiger partial charge in [-0.2, -0.15) is 0 Å². The van der Waals surface area contributed by atoms with Crippen LogP contribution in [0.4, 0.5) is 5.82 Å². The Bertz CT molecular complexity index is 396. The smallest absolute Gasteiger partial charge is 0.129 e. The summed E-state index contributed by atoms with van der Waals surface area (Å²) < 4.78 is 0. The number of hydrogen-bond donors (Lipinski definition) is 1. The minimum absolute atomic E-state index is 0.384. The first kappa shape index (κ1) is 12.6. The van der Waals surface area contributed by atoms with E-state index < -0.39 is 0 Å². The molecule has 0 spiro atoms. The van der Waals surface area contributed by atoms with Gasteiger partial charge in [0.25, 0.3) is 0 Å². The Morgan fingerprint density at radius 2 is 2.24 bits per heavy atom. The van der Waals surface area contributed by atoms with E-state index in [-0.39, 0.29) is 0 Å². The Balaban J connectivity index is 2.22. The van der Waals surface area contributed by atoms with Gasteiger partial charge in [0.05, 0.1) is 10.7 Å². The summed E-state index contributed by atoms with van der Waals surface area (Å²) in [5.41, 5.74) is 6.41. The van der Waals surface area contributed by atoms with Crippen molar-refractivity contribution in [2.45, 2.75) is 19.5 Å². The Morgan fingerprint density at radius 3 is 2.88 bits per heavy atom. The summed E-state index contributed by atoms with van der Waals surface area (Å²) in [6, 6.07) is 4.33. The molecule has 2 N–H and O–H groups in total. The van der Waals surface area contributed by atoms with E-state index in [2.05, 4.69) is 28.8 Å². The van der Waals surface area contributed by atoms with Crippen molar-refractivity contribution < 1.29 is 0 Å². The van der Waals surface area contributed by atoms with Crippen molar-refractivity contribution in [3.63, 3.8) is 0 Å². The van der Waals surface area contributed by atoms with Crippen LogP contribution < -0.4 is 10.6 Å². The van der Waals surface area contributed by atoms with Gasteiger partial charge >= 0.3 is 0 Å². The predicted octanol–water partition coefficient (Wildman–Crippen LogP) is 1.33. The molecule has 1 saturated heterocycles. The average molecular weight is 255 g/mol. The lowest BCUT2D eigenvalue weighted by Gasteiger charge is -2.39. The van der Waals surface area contributed by atoms with Crippen LogP contribution in [0.5, 0.6) is 0 Å². The third-order valence-corrected chi connectivity index (χ3v) is 3.57. The molecule has 2 heterocycles. The van der Waals surface area contributed by atoms with Gasteiger partial charge in [-0.3, -0.25) is 0 Å². The number of piperazine rings is 1. The quantitative estimate of drug-likeness (QED) is 0.865. The molecule has 0 amide bonds. The largest absolute Gasteiger partial charge is 0.351 e. The standard InChI is InChI=1S/C12H19ClN4/c1-9-8-16(2)5-6-17(9)12-4-3-10(13)11(7-14)15-12/h3-4,9H,5-8,14H2,1-2H3. The molecular formula is C12H19ClN4. The topological polar surface area (TPSA) is 45.4 Å². The van der Waals surface area contributed by atoms with E-state index in [0.717, 1.165) is 31.1 Å². The highest BCUT2D eigenvalue weighted by atomic mass is 35.5. The molecule has 0 aliphatic carbocycles. The highest BCUT2D eigenvalue weighted by Crippen LogP contribution is 2.22. The van der Waals surface area contributed by atoms with E-state index in [1.807, 2.05) is 12.1 Å². The molecule has 0 aromatic carbocycles. The van der Waals surface area contributed by atoms with Crippen LogP contribution in [0.25, 0.3) is 0 Å². The fraction of sp³-hybridized carbons (Fsp3) is 0.583. The van der Waals surface area contributed by atoms with E-state index in [4.69, 9.17) is 17.3 Å². The molecule has 1 atom stereocenters. The maximum absolute atomic E-state index is 6.03. The fourth-order valence-electron chi connectivity index (χ4n) is 2.26. The van der Waals surface area contributed by atoms with Gasteiger partial charge < -0.3 is 15.5 Å². The Morgan fingerprint density at radius 1 is 1.47 bits per heavy atom. The Labute approximate surface area is 107 Å². The second-order valence-electron chi connectivity index (χ2n) is 4.61. The van der Waals surface area contributed by atoms with Crippen molar-refractivity contribution in [2.24, 2.45) is 5.73 Å². The predicted molar refractivity (Wildman–Crippen MR) is 71.4 cm³/mol. The lowest BCUT2D eigenvalue weighted by Crippen LogP contribution is -2.50. The normalized spacial score (nSPS) is 21.9. The highest BCUT2D eigenvalue weighted by Gasteiger charge is 2.22. The van der Waals surface area contributed by atoms with Crippen molar-refractivity contribution in [1.29, 1.82) is 0 Å². The lowest BCUT2D eigenvalue weighted by atomic mass is 10.2. The maximum Gasteiger partial charge on any atom is 0.129 e. The number of halogens is 1. The summed E-state index contributed by atoms with van der Waals surface area (Å²) in [7, 11) is 2.15. The Hall–Kier alpha value is -0.840. The van der Waals surface area contributed by atoms with Crippen molar-refractivity contribution in [3.05, 3.63) is 22.8 Å². The summed E-state index contributed by atoms with van der Waals surface area (Å²) in [5.74, 6) is 0.982. The molecule has 17 heavy (non-hydrogen) atoms. The zero-order valence-electron chi connectivity index (χ0n) is 10.4. The first-order valence-electron chi connectivity index (χ1n) is 5.92. The number of nitrogens with two attached hydrogens (primary N) is 1. The molecule has 4 nitrogen and oxygen atoms in total. The molecule has 1 aliphatic rings. The third kappa shape index (κ3) is 2.70.